The fraction of sp³-hybridized carbons (Fsp3) is 0.821. The fourth-order valence-corrected chi connectivity index (χ4v) is 6.55. The highest BCUT2D eigenvalue weighted by Crippen LogP contribution is 2.65. The predicted octanol–water partition coefficient (Wildman–Crippen LogP) is 2.14. The van der Waals surface area contributed by atoms with Gasteiger partial charge in [-0.05, 0) is 60.2 Å². The van der Waals surface area contributed by atoms with E-state index in [1.807, 2.05) is 20.8 Å². The average Bonchev–Trinajstić information content (AvgIpc) is 3.58. The molecule has 38 heavy (non-hydrogen) atoms. The zero-order valence-corrected chi connectivity index (χ0v) is 23.5. The highest BCUT2D eigenvalue weighted by molar-refractivity contribution is 6.37. The topological polar surface area (TPSA) is 148 Å². The summed E-state index contributed by atoms with van der Waals surface area (Å²) in [5, 5.41) is 5.57. The minimum atomic E-state index is -1.08. The minimum Gasteiger partial charge on any atom is -0.446 e. The normalized spacial score (nSPS) is 31.1. The van der Waals surface area contributed by atoms with E-state index in [0.717, 1.165) is 32.1 Å². The molecule has 0 spiro atoms. The molecule has 4 N–H and O–H groups in total. The summed E-state index contributed by atoms with van der Waals surface area (Å²) in [6, 6.07) is -2.70. The van der Waals surface area contributed by atoms with Gasteiger partial charge in [0.25, 0.3) is 5.91 Å². The largest absolute Gasteiger partial charge is 0.446 e. The minimum absolute atomic E-state index is 0.0800. The average molecular weight is 533 g/mol. The predicted molar refractivity (Wildman–Crippen MR) is 139 cm³/mol. The number of Topliss-reactive ketones (excluding diaryl/α,β-unsaturated/α-hetero) is 1. The summed E-state index contributed by atoms with van der Waals surface area (Å²) in [6.45, 7) is 12.2. The van der Waals surface area contributed by atoms with Gasteiger partial charge in [0.15, 0.2) is 0 Å². The lowest BCUT2D eigenvalue weighted by atomic mass is 9.85. The first-order chi connectivity index (χ1) is 17.6. The number of primary amides is 1. The van der Waals surface area contributed by atoms with Crippen molar-refractivity contribution in [2.75, 3.05) is 6.54 Å². The van der Waals surface area contributed by atoms with E-state index in [1.165, 1.54) is 0 Å². The molecule has 0 aromatic heterocycles. The number of amides is 4. The van der Waals surface area contributed by atoms with Crippen molar-refractivity contribution >= 4 is 29.6 Å². The Labute approximate surface area is 225 Å². The van der Waals surface area contributed by atoms with Gasteiger partial charge in [0, 0.05) is 6.54 Å². The lowest BCUT2D eigenvalue weighted by Crippen LogP contribution is -2.60. The van der Waals surface area contributed by atoms with Crippen molar-refractivity contribution in [3.05, 3.63) is 0 Å². The number of carbonyl (C=O) groups excluding carboxylic acids is 5. The number of piperidine rings is 1. The van der Waals surface area contributed by atoms with Crippen molar-refractivity contribution in [3.63, 3.8) is 0 Å². The highest BCUT2D eigenvalue weighted by atomic mass is 16.6. The number of rotatable bonds is 9. The number of hydrogen-bond donors (Lipinski definition) is 3. The number of ether oxygens (including phenoxy) is 1. The molecule has 1 heterocycles. The van der Waals surface area contributed by atoms with E-state index in [-0.39, 0.29) is 41.1 Å². The first-order valence-electron chi connectivity index (χ1n) is 14.0. The Kier molecular flexibility index (Phi) is 7.58. The van der Waals surface area contributed by atoms with Crippen molar-refractivity contribution in [2.45, 2.75) is 104 Å². The summed E-state index contributed by atoms with van der Waals surface area (Å²) in [4.78, 5) is 66.2. The first kappa shape index (κ1) is 28.4. The fourth-order valence-electron chi connectivity index (χ4n) is 6.55. The number of nitrogens with zero attached hydrogens (tertiary/aromatic N) is 1. The Hall–Kier alpha value is -2.65. The summed E-state index contributed by atoms with van der Waals surface area (Å²) in [5.41, 5.74) is 4.48. The van der Waals surface area contributed by atoms with Gasteiger partial charge in [-0.15, -0.1) is 0 Å². The third kappa shape index (κ3) is 5.69. The Morgan fingerprint density at radius 2 is 1.71 bits per heavy atom. The van der Waals surface area contributed by atoms with Gasteiger partial charge in [0.05, 0.1) is 6.04 Å². The third-order valence-electron chi connectivity index (χ3n) is 9.32. The summed E-state index contributed by atoms with van der Waals surface area (Å²) in [7, 11) is 0. The van der Waals surface area contributed by atoms with Gasteiger partial charge in [-0.25, -0.2) is 4.79 Å². The molecule has 3 aliphatic carbocycles. The number of hydrogen-bond acceptors (Lipinski definition) is 6. The van der Waals surface area contributed by atoms with Crippen molar-refractivity contribution in [1.82, 2.24) is 15.5 Å². The van der Waals surface area contributed by atoms with Gasteiger partial charge >= 0.3 is 6.09 Å². The van der Waals surface area contributed by atoms with E-state index in [0.29, 0.717) is 13.0 Å². The lowest BCUT2D eigenvalue weighted by molar-refractivity contribution is -0.145. The molecule has 10 nitrogen and oxygen atoms in total. The van der Waals surface area contributed by atoms with Crippen LogP contribution in [0.5, 0.6) is 0 Å². The molecular weight excluding hydrogens is 488 g/mol. The van der Waals surface area contributed by atoms with Crippen molar-refractivity contribution in [2.24, 2.45) is 40.2 Å². The Balaban J connectivity index is 1.51. The second-order valence-corrected chi connectivity index (χ2v) is 13.7. The van der Waals surface area contributed by atoms with Gasteiger partial charge in [-0.2, -0.15) is 0 Å². The van der Waals surface area contributed by atoms with Crippen molar-refractivity contribution in [1.29, 1.82) is 0 Å². The smallest absolute Gasteiger partial charge is 0.408 e. The molecule has 2 unspecified atom stereocenters. The van der Waals surface area contributed by atoms with Crippen LogP contribution in [0, 0.1) is 34.5 Å². The van der Waals surface area contributed by atoms with Gasteiger partial charge in [0.1, 0.15) is 18.2 Å². The van der Waals surface area contributed by atoms with Crippen LogP contribution >= 0.6 is 0 Å². The standard InChI is InChI=1S/C28H44N4O6/c1-14-8-7-9-18(14)38-26(37)31-22(27(2,3)4)25(36)32-13-16-19(28(16,5)6)20(32)24(35)30-17(12-15-10-11-15)21(33)23(29)34/h14-20,22H,7-13H2,1-6H3,(H2,29,34)(H,30,35)(H,31,37)/t14-,16?,17?,18-,19-,20-,22+/m0/s1. The SMILES string of the molecule is C[C@H]1CCC[C@@H]1OC(=O)N[C@H](C(=O)N1CC2[C@@H]([C@H]1C(=O)NC(CC1CC1)C(=O)C(N)=O)C2(C)C)C(C)(C)C. The summed E-state index contributed by atoms with van der Waals surface area (Å²) in [6.07, 6.45) is 4.27. The molecule has 10 heteroatoms. The molecule has 7 atom stereocenters. The van der Waals surface area contributed by atoms with Gasteiger partial charge < -0.3 is 26.0 Å². The molecular formula is C28H44N4O6. The van der Waals surface area contributed by atoms with E-state index in [2.05, 4.69) is 31.4 Å². The van der Waals surface area contributed by atoms with Gasteiger partial charge in [-0.3, -0.25) is 19.2 Å². The zero-order valence-electron chi connectivity index (χ0n) is 23.5. The Morgan fingerprint density at radius 3 is 2.24 bits per heavy atom. The quantitative estimate of drug-likeness (QED) is 0.388. The molecule has 0 radical (unpaired) electrons. The molecule has 4 rings (SSSR count). The van der Waals surface area contributed by atoms with Gasteiger partial charge in [-0.1, -0.05) is 54.4 Å². The second kappa shape index (κ2) is 10.2. The molecule has 212 valence electrons. The maximum absolute atomic E-state index is 14.0. The molecule has 1 aliphatic heterocycles. The van der Waals surface area contributed by atoms with E-state index in [9.17, 15) is 24.0 Å². The van der Waals surface area contributed by atoms with Crippen LogP contribution in [0.2, 0.25) is 0 Å². The molecule has 0 bridgehead atoms. The van der Waals surface area contributed by atoms with E-state index in [1.54, 1.807) is 4.90 Å². The van der Waals surface area contributed by atoms with Crippen molar-refractivity contribution < 1.29 is 28.7 Å². The highest BCUT2D eigenvalue weighted by Gasteiger charge is 2.70. The number of fused-ring (bicyclic) bond motifs is 1. The van der Waals surface area contributed by atoms with Crippen molar-refractivity contribution in [3.8, 4) is 0 Å². The van der Waals surface area contributed by atoms with E-state index < -0.39 is 47.2 Å². The van der Waals surface area contributed by atoms with E-state index in [4.69, 9.17) is 10.5 Å². The van der Waals surface area contributed by atoms with Crippen LogP contribution in [0.3, 0.4) is 0 Å². The monoisotopic (exact) mass is 532 g/mol. The summed E-state index contributed by atoms with van der Waals surface area (Å²) >= 11 is 0. The second-order valence-electron chi connectivity index (χ2n) is 13.7. The molecule has 3 saturated carbocycles. The number of ketones is 1. The number of carbonyl (C=O) groups is 5. The number of likely N-dealkylation sites (tertiary alicyclic amines) is 1. The van der Waals surface area contributed by atoms with Crippen LogP contribution < -0.4 is 16.4 Å². The van der Waals surface area contributed by atoms with Crippen LogP contribution in [0.1, 0.15) is 80.1 Å². The first-order valence-corrected chi connectivity index (χ1v) is 14.0. The molecule has 4 aliphatic rings. The van der Waals surface area contributed by atoms with E-state index >= 15 is 0 Å². The Morgan fingerprint density at radius 1 is 1.05 bits per heavy atom. The molecule has 4 fully saturated rings. The lowest BCUT2D eigenvalue weighted by Gasteiger charge is -2.38. The molecule has 0 aromatic rings. The summed E-state index contributed by atoms with van der Waals surface area (Å²) < 4.78 is 5.66. The number of nitrogens with two attached hydrogens (primary N) is 1. The van der Waals surface area contributed by atoms with Crippen LogP contribution in [-0.4, -0.2) is 65.3 Å². The molecule has 0 aromatic carbocycles. The van der Waals surface area contributed by atoms with Crippen LogP contribution in [0.4, 0.5) is 4.79 Å². The zero-order chi connectivity index (χ0) is 28.2. The summed E-state index contributed by atoms with van der Waals surface area (Å²) in [5.74, 6) is -2.09. The maximum atomic E-state index is 14.0. The maximum Gasteiger partial charge on any atom is 0.408 e. The van der Waals surface area contributed by atoms with Crippen LogP contribution in [0.25, 0.3) is 0 Å². The Bertz CT molecular complexity index is 1000. The van der Waals surface area contributed by atoms with Crippen LogP contribution in [-0.2, 0) is 23.9 Å². The molecule has 1 saturated heterocycles. The van der Waals surface area contributed by atoms with Crippen LogP contribution in [0.15, 0.2) is 0 Å². The number of alkyl carbamates (subject to hydrolysis) is 1. The van der Waals surface area contributed by atoms with Gasteiger partial charge in [0.2, 0.25) is 17.6 Å². The third-order valence-corrected chi connectivity index (χ3v) is 9.32. The molecule has 4 amide bonds. The number of nitrogens with one attached hydrogen (secondary N) is 2.